The number of piperidine rings is 1. The molecule has 2 atom stereocenters. The van der Waals surface area contributed by atoms with E-state index in [1.165, 1.54) is 12.1 Å². The average molecular weight is 548 g/mol. The third-order valence-electron chi connectivity index (χ3n) is 6.85. The number of nitrogens with zero attached hydrogens (tertiary/aromatic N) is 1. The van der Waals surface area contributed by atoms with Crippen LogP contribution in [0.25, 0.3) is 0 Å². The molecule has 39 heavy (non-hydrogen) atoms. The number of amides is 2. The lowest BCUT2D eigenvalue weighted by molar-refractivity contribution is -0.192. The Morgan fingerprint density at radius 2 is 1.72 bits per heavy atom. The lowest BCUT2D eigenvalue weighted by Gasteiger charge is -2.41. The first-order chi connectivity index (χ1) is 18.4. The number of rotatable bonds is 4. The maximum atomic E-state index is 13.4. The van der Waals surface area contributed by atoms with Gasteiger partial charge in [0.05, 0.1) is 5.41 Å². The monoisotopic (exact) mass is 547 g/mol. The highest BCUT2D eigenvalue weighted by Gasteiger charge is 2.51. The topological polar surface area (TPSA) is 98.7 Å². The molecule has 4 rings (SSSR count). The predicted molar refractivity (Wildman–Crippen MR) is 135 cm³/mol. The Kier molecular flexibility index (Phi) is 9.70. The van der Waals surface area contributed by atoms with Gasteiger partial charge in [-0.2, -0.15) is 13.2 Å². The van der Waals surface area contributed by atoms with Crippen molar-refractivity contribution in [3.63, 3.8) is 0 Å². The number of likely N-dealkylation sites (tertiary alicyclic amines) is 1. The van der Waals surface area contributed by atoms with Crippen molar-refractivity contribution in [1.29, 1.82) is 0 Å². The van der Waals surface area contributed by atoms with E-state index in [1.54, 1.807) is 12.1 Å². The van der Waals surface area contributed by atoms with Crippen molar-refractivity contribution < 1.29 is 37.1 Å². The number of carboxylic acid groups (broad SMARTS) is 1. The fourth-order valence-electron chi connectivity index (χ4n) is 4.91. The molecule has 2 heterocycles. The molecule has 2 aliphatic rings. The zero-order valence-corrected chi connectivity index (χ0v) is 21.2. The molecule has 11 heteroatoms. The van der Waals surface area contributed by atoms with Gasteiger partial charge in [-0.3, -0.25) is 9.59 Å². The summed E-state index contributed by atoms with van der Waals surface area (Å²) in [5.41, 5.74) is 1.38. The predicted octanol–water partition coefficient (Wildman–Crippen LogP) is 3.31. The van der Waals surface area contributed by atoms with Crippen molar-refractivity contribution >= 4 is 17.8 Å². The second-order valence-electron chi connectivity index (χ2n) is 9.56. The highest BCUT2D eigenvalue weighted by Crippen LogP contribution is 2.47. The van der Waals surface area contributed by atoms with Gasteiger partial charge in [-0.25, -0.2) is 9.18 Å². The fraction of sp³-hybridized carbons (Fsp3) is 0.393. The van der Waals surface area contributed by atoms with Gasteiger partial charge in [-0.1, -0.05) is 36.3 Å². The van der Waals surface area contributed by atoms with Gasteiger partial charge < -0.3 is 20.6 Å². The normalized spacial score (nSPS) is 19.1. The Bertz CT molecular complexity index is 1220. The molecule has 208 valence electrons. The highest BCUT2D eigenvalue weighted by molar-refractivity contribution is 5.94. The molecule has 2 amide bonds. The van der Waals surface area contributed by atoms with E-state index in [4.69, 9.17) is 9.90 Å². The molecule has 3 N–H and O–H groups in total. The van der Waals surface area contributed by atoms with Crippen LogP contribution in [0.1, 0.15) is 36.8 Å². The van der Waals surface area contributed by atoms with E-state index in [-0.39, 0.29) is 29.6 Å². The second-order valence-corrected chi connectivity index (χ2v) is 9.56. The summed E-state index contributed by atoms with van der Waals surface area (Å²) in [6, 6.07) is 15.9. The maximum absolute atomic E-state index is 13.4. The molecular weight excluding hydrogens is 518 g/mol. The van der Waals surface area contributed by atoms with Crippen molar-refractivity contribution in [1.82, 2.24) is 15.5 Å². The summed E-state index contributed by atoms with van der Waals surface area (Å²) in [5.74, 6) is 2.36. The van der Waals surface area contributed by atoms with Crippen LogP contribution in [0.2, 0.25) is 0 Å². The smallest absolute Gasteiger partial charge is 0.475 e. The molecule has 2 saturated heterocycles. The van der Waals surface area contributed by atoms with Crippen molar-refractivity contribution in [3.05, 3.63) is 71.5 Å². The Hall–Kier alpha value is -3.91. The van der Waals surface area contributed by atoms with E-state index in [1.807, 2.05) is 37.3 Å². The lowest BCUT2D eigenvalue weighted by Crippen LogP contribution is -2.49. The fourth-order valence-corrected chi connectivity index (χ4v) is 4.91. The van der Waals surface area contributed by atoms with Gasteiger partial charge in [0.1, 0.15) is 5.82 Å². The minimum Gasteiger partial charge on any atom is -0.475 e. The number of nitrogens with one attached hydrogen (secondary N) is 2. The van der Waals surface area contributed by atoms with Gasteiger partial charge in [0.15, 0.2) is 0 Å². The maximum Gasteiger partial charge on any atom is 0.490 e. The zero-order valence-electron chi connectivity index (χ0n) is 21.2. The molecular formula is C28H29F4N3O4. The lowest BCUT2D eigenvalue weighted by atomic mass is 9.68. The molecule has 2 aliphatic heterocycles. The molecule has 0 saturated carbocycles. The average Bonchev–Trinajstić information content (AvgIpc) is 3.20. The summed E-state index contributed by atoms with van der Waals surface area (Å²) < 4.78 is 45.1. The number of hydrogen-bond acceptors (Lipinski definition) is 4. The Labute approximate surface area is 223 Å². The molecule has 2 aromatic rings. The van der Waals surface area contributed by atoms with Gasteiger partial charge >= 0.3 is 12.1 Å². The van der Waals surface area contributed by atoms with E-state index in [0.717, 1.165) is 37.1 Å². The van der Waals surface area contributed by atoms with Crippen molar-refractivity contribution in [2.24, 2.45) is 5.41 Å². The van der Waals surface area contributed by atoms with Gasteiger partial charge in [-0.05, 0) is 62.7 Å². The second kappa shape index (κ2) is 12.8. The number of aliphatic carboxylic acids is 1. The number of carbonyl (C=O) groups excluding carboxylic acids is 2. The molecule has 7 nitrogen and oxygen atoms in total. The zero-order chi connectivity index (χ0) is 28.6. The SMILES string of the molecule is CC(CN1CCC2(CC1)C(=O)NCC2c1ccc(F)cc1)NC(=O)C#Cc1ccccc1.O=C(O)C(F)(F)F. The molecule has 2 fully saturated rings. The highest BCUT2D eigenvalue weighted by atomic mass is 19.4. The number of alkyl halides is 3. The third-order valence-corrected chi connectivity index (χ3v) is 6.85. The van der Waals surface area contributed by atoms with Crippen molar-refractivity contribution in [2.45, 2.75) is 37.9 Å². The van der Waals surface area contributed by atoms with Gasteiger partial charge in [0.2, 0.25) is 5.91 Å². The molecule has 0 bridgehead atoms. The summed E-state index contributed by atoms with van der Waals surface area (Å²) in [4.78, 5) is 36.1. The van der Waals surface area contributed by atoms with Crippen LogP contribution in [0.3, 0.4) is 0 Å². The van der Waals surface area contributed by atoms with Crippen LogP contribution in [0.4, 0.5) is 17.6 Å². The minimum absolute atomic E-state index is 0.0491. The first kappa shape index (κ1) is 29.6. The Balaban J connectivity index is 0.000000532. The standard InChI is InChI=1S/C26H28FN3O2.C2HF3O2/c1-19(29-24(31)12-7-20-5-3-2-4-6-20)18-30-15-13-26(14-16-30)23(17-28-25(26)32)21-8-10-22(27)11-9-21;3-2(4,5)1(6)7/h2-6,8-11,19,23H,13-18H2,1H3,(H,28,32)(H,29,31);(H,6,7). The number of carboxylic acids is 1. The van der Waals surface area contributed by atoms with E-state index < -0.39 is 17.6 Å². The van der Waals surface area contributed by atoms with E-state index >= 15 is 0 Å². The molecule has 0 radical (unpaired) electrons. The first-order valence-corrected chi connectivity index (χ1v) is 12.3. The molecule has 1 spiro atoms. The van der Waals surface area contributed by atoms with E-state index in [9.17, 15) is 27.2 Å². The van der Waals surface area contributed by atoms with Crippen LogP contribution in [0.15, 0.2) is 54.6 Å². The Morgan fingerprint density at radius 1 is 1.13 bits per heavy atom. The molecule has 0 aromatic heterocycles. The quantitative estimate of drug-likeness (QED) is 0.403. The summed E-state index contributed by atoms with van der Waals surface area (Å²) in [7, 11) is 0. The van der Waals surface area contributed by atoms with Crippen LogP contribution in [0.5, 0.6) is 0 Å². The van der Waals surface area contributed by atoms with Crippen molar-refractivity contribution in [3.8, 4) is 11.8 Å². The third kappa shape index (κ3) is 8.04. The summed E-state index contributed by atoms with van der Waals surface area (Å²) in [6.07, 6.45) is -3.59. The number of halogens is 4. The van der Waals surface area contributed by atoms with Crippen LogP contribution >= 0.6 is 0 Å². The van der Waals surface area contributed by atoms with Crippen LogP contribution in [-0.4, -0.2) is 66.2 Å². The summed E-state index contributed by atoms with van der Waals surface area (Å²) in [5, 5.41) is 13.1. The van der Waals surface area contributed by atoms with E-state index in [2.05, 4.69) is 27.4 Å². The number of carbonyl (C=O) groups is 3. The molecule has 2 unspecified atom stereocenters. The largest absolute Gasteiger partial charge is 0.490 e. The van der Waals surface area contributed by atoms with Crippen LogP contribution < -0.4 is 10.6 Å². The summed E-state index contributed by atoms with van der Waals surface area (Å²) in [6.45, 7) is 4.83. The van der Waals surface area contributed by atoms with E-state index in [0.29, 0.717) is 13.1 Å². The summed E-state index contributed by atoms with van der Waals surface area (Å²) >= 11 is 0. The number of hydrogen-bond donors (Lipinski definition) is 3. The Morgan fingerprint density at radius 3 is 2.28 bits per heavy atom. The minimum atomic E-state index is -5.08. The van der Waals surface area contributed by atoms with Crippen LogP contribution in [-0.2, 0) is 14.4 Å². The molecule has 2 aromatic carbocycles. The van der Waals surface area contributed by atoms with Gasteiger partial charge in [0, 0.05) is 36.5 Å². The molecule has 0 aliphatic carbocycles. The van der Waals surface area contributed by atoms with Gasteiger partial charge in [-0.15, -0.1) is 0 Å². The van der Waals surface area contributed by atoms with Gasteiger partial charge in [0.25, 0.3) is 5.91 Å². The number of benzene rings is 2. The first-order valence-electron chi connectivity index (χ1n) is 12.3. The van der Waals surface area contributed by atoms with Crippen molar-refractivity contribution in [2.75, 3.05) is 26.2 Å². The van der Waals surface area contributed by atoms with Crippen LogP contribution in [0, 0.1) is 23.1 Å².